The molecule has 122 valence electrons. The van der Waals surface area contributed by atoms with Crippen LogP contribution >= 0.6 is 0 Å². The van der Waals surface area contributed by atoms with Gasteiger partial charge in [0.25, 0.3) is 5.91 Å². The summed E-state index contributed by atoms with van der Waals surface area (Å²) in [6.07, 6.45) is 1.36. The number of hydrogen-bond donors (Lipinski definition) is 1. The molecule has 0 fully saturated rings. The lowest BCUT2D eigenvalue weighted by atomic mass is 10.1. The summed E-state index contributed by atoms with van der Waals surface area (Å²) in [5.74, 6) is -0.940. The number of furan rings is 1. The molecular formula is C16H16FNO5. The molecule has 1 aromatic carbocycles. The number of hydrogen-bond acceptors (Lipinski definition) is 5. The van der Waals surface area contributed by atoms with E-state index in [0.29, 0.717) is 11.3 Å². The van der Waals surface area contributed by atoms with Crippen LogP contribution in [0.4, 0.5) is 4.39 Å². The van der Waals surface area contributed by atoms with E-state index >= 15 is 0 Å². The minimum atomic E-state index is -0.622. The number of benzene rings is 1. The molecule has 0 bridgehead atoms. The zero-order chi connectivity index (χ0) is 16.7. The lowest BCUT2D eigenvalue weighted by Gasteiger charge is -2.07. The number of methoxy groups -OCH3 is 1. The predicted octanol–water partition coefficient (Wildman–Crippen LogP) is 1.83. The number of ether oxygens (including phenoxy) is 2. The van der Waals surface area contributed by atoms with E-state index < -0.39 is 24.3 Å². The fraction of sp³-hybridized carbons (Fsp3) is 0.250. The Labute approximate surface area is 132 Å². The molecule has 7 heteroatoms. The molecule has 1 heterocycles. The van der Waals surface area contributed by atoms with Crippen LogP contribution in [0.25, 0.3) is 0 Å². The average Bonchev–Trinajstić information content (AvgIpc) is 3.04. The first kappa shape index (κ1) is 16.5. The second kappa shape index (κ2) is 7.98. The molecule has 1 amide bonds. The van der Waals surface area contributed by atoms with Gasteiger partial charge in [-0.3, -0.25) is 9.59 Å². The van der Waals surface area contributed by atoms with Crippen LogP contribution in [0.2, 0.25) is 0 Å². The summed E-state index contributed by atoms with van der Waals surface area (Å²) in [5.41, 5.74) is 0.435. The second-order valence-corrected chi connectivity index (χ2v) is 4.66. The van der Waals surface area contributed by atoms with Gasteiger partial charge in [-0.05, 0) is 29.8 Å². The van der Waals surface area contributed by atoms with E-state index in [9.17, 15) is 14.0 Å². The normalized spacial score (nSPS) is 10.2. The maximum absolute atomic E-state index is 13.5. The van der Waals surface area contributed by atoms with Gasteiger partial charge in [0.15, 0.2) is 18.2 Å². The predicted molar refractivity (Wildman–Crippen MR) is 78.2 cm³/mol. The molecule has 1 N–H and O–H groups in total. The summed E-state index contributed by atoms with van der Waals surface area (Å²) in [7, 11) is 1.35. The number of carbonyl (C=O) groups is 2. The van der Waals surface area contributed by atoms with Gasteiger partial charge in [0.05, 0.1) is 26.3 Å². The smallest absolute Gasteiger partial charge is 0.310 e. The Balaban J connectivity index is 1.74. The molecule has 0 saturated carbocycles. The van der Waals surface area contributed by atoms with E-state index in [1.54, 1.807) is 18.2 Å². The molecule has 2 aromatic rings. The first-order valence-electron chi connectivity index (χ1n) is 6.85. The molecule has 1 aromatic heterocycles. The average molecular weight is 321 g/mol. The molecule has 0 saturated heterocycles. The van der Waals surface area contributed by atoms with Crippen LogP contribution in [0.3, 0.4) is 0 Å². The van der Waals surface area contributed by atoms with Crippen molar-refractivity contribution in [1.82, 2.24) is 5.32 Å². The zero-order valence-corrected chi connectivity index (χ0v) is 12.5. The zero-order valence-electron chi connectivity index (χ0n) is 12.5. The number of rotatable bonds is 7. The summed E-state index contributed by atoms with van der Waals surface area (Å²) in [4.78, 5) is 23.2. The molecule has 2 rings (SSSR count). The number of carbonyl (C=O) groups excluding carboxylic acids is 2. The van der Waals surface area contributed by atoms with E-state index in [1.165, 1.54) is 25.5 Å². The maximum Gasteiger partial charge on any atom is 0.310 e. The van der Waals surface area contributed by atoms with E-state index in [2.05, 4.69) is 5.32 Å². The summed E-state index contributed by atoms with van der Waals surface area (Å²) >= 11 is 0. The largest absolute Gasteiger partial charge is 0.494 e. The van der Waals surface area contributed by atoms with Crippen molar-refractivity contribution in [3.63, 3.8) is 0 Å². The second-order valence-electron chi connectivity index (χ2n) is 4.66. The standard InChI is InChI=1S/C16H16FNO5/c1-21-14-5-4-11(7-13(14)17)8-16(20)23-10-15(19)18-9-12-3-2-6-22-12/h2-7H,8-10H2,1H3,(H,18,19). The van der Waals surface area contributed by atoms with Crippen molar-refractivity contribution in [2.75, 3.05) is 13.7 Å². The highest BCUT2D eigenvalue weighted by Crippen LogP contribution is 2.18. The fourth-order valence-corrected chi connectivity index (χ4v) is 1.83. The Hall–Kier alpha value is -2.83. The van der Waals surface area contributed by atoms with E-state index in [0.717, 1.165) is 0 Å². The lowest BCUT2D eigenvalue weighted by Crippen LogP contribution is -2.28. The maximum atomic E-state index is 13.5. The fourth-order valence-electron chi connectivity index (χ4n) is 1.83. The molecule has 23 heavy (non-hydrogen) atoms. The monoisotopic (exact) mass is 321 g/mol. The molecule has 0 radical (unpaired) electrons. The van der Waals surface area contributed by atoms with Crippen LogP contribution in [-0.4, -0.2) is 25.6 Å². The Morgan fingerprint density at radius 3 is 2.78 bits per heavy atom. The number of nitrogens with one attached hydrogen (secondary N) is 1. The summed E-state index contributed by atoms with van der Waals surface area (Å²) in [6, 6.07) is 7.59. The molecule has 0 atom stereocenters. The van der Waals surface area contributed by atoms with Crippen molar-refractivity contribution in [1.29, 1.82) is 0 Å². The highest BCUT2D eigenvalue weighted by molar-refractivity contribution is 5.81. The minimum Gasteiger partial charge on any atom is -0.494 e. The molecule has 6 nitrogen and oxygen atoms in total. The summed E-state index contributed by atoms with van der Waals surface area (Å²) < 4.78 is 28.2. The van der Waals surface area contributed by atoms with Crippen LogP contribution < -0.4 is 10.1 Å². The Morgan fingerprint density at radius 2 is 2.13 bits per heavy atom. The van der Waals surface area contributed by atoms with Crippen molar-refractivity contribution in [3.8, 4) is 5.75 Å². The van der Waals surface area contributed by atoms with Crippen molar-refractivity contribution in [3.05, 3.63) is 53.7 Å². The lowest BCUT2D eigenvalue weighted by molar-refractivity contribution is -0.147. The van der Waals surface area contributed by atoms with Gasteiger partial charge >= 0.3 is 5.97 Å². The van der Waals surface area contributed by atoms with Crippen LogP contribution in [0.5, 0.6) is 5.75 Å². The summed E-state index contributed by atoms with van der Waals surface area (Å²) in [5, 5.41) is 2.54. The number of amides is 1. The molecular weight excluding hydrogens is 305 g/mol. The topological polar surface area (TPSA) is 77.8 Å². The molecule has 0 aliphatic rings. The van der Waals surface area contributed by atoms with Gasteiger partial charge in [-0.2, -0.15) is 0 Å². The third-order valence-electron chi connectivity index (χ3n) is 2.97. The SMILES string of the molecule is COc1ccc(CC(=O)OCC(=O)NCc2ccco2)cc1F. The summed E-state index contributed by atoms with van der Waals surface area (Å²) in [6.45, 7) is -0.189. The van der Waals surface area contributed by atoms with Gasteiger partial charge in [-0.15, -0.1) is 0 Å². The highest BCUT2D eigenvalue weighted by atomic mass is 19.1. The van der Waals surface area contributed by atoms with Crippen LogP contribution in [-0.2, 0) is 27.3 Å². The first-order chi connectivity index (χ1) is 11.1. The Kier molecular flexibility index (Phi) is 5.74. The van der Waals surface area contributed by atoms with Crippen molar-refractivity contribution < 1.29 is 27.9 Å². The third-order valence-corrected chi connectivity index (χ3v) is 2.97. The van der Waals surface area contributed by atoms with Gasteiger partial charge in [-0.25, -0.2) is 4.39 Å². The van der Waals surface area contributed by atoms with Gasteiger partial charge in [0, 0.05) is 0 Å². The van der Waals surface area contributed by atoms with Crippen molar-refractivity contribution >= 4 is 11.9 Å². The van der Waals surface area contributed by atoms with Crippen molar-refractivity contribution in [2.24, 2.45) is 0 Å². The highest BCUT2D eigenvalue weighted by Gasteiger charge is 2.11. The van der Waals surface area contributed by atoms with Crippen molar-refractivity contribution in [2.45, 2.75) is 13.0 Å². The van der Waals surface area contributed by atoms with Gasteiger partial charge in [-0.1, -0.05) is 6.07 Å². The Morgan fingerprint density at radius 1 is 1.30 bits per heavy atom. The molecule has 0 aliphatic carbocycles. The Bertz CT molecular complexity index is 669. The number of esters is 1. The van der Waals surface area contributed by atoms with Crippen LogP contribution in [0, 0.1) is 5.82 Å². The number of halogens is 1. The molecule has 0 unspecified atom stereocenters. The third kappa shape index (κ3) is 5.14. The molecule has 0 aliphatic heterocycles. The quantitative estimate of drug-likeness (QED) is 0.787. The van der Waals surface area contributed by atoms with Gasteiger partial charge < -0.3 is 19.2 Å². The molecule has 0 spiro atoms. The van der Waals surface area contributed by atoms with E-state index in [1.807, 2.05) is 0 Å². The van der Waals surface area contributed by atoms with Gasteiger partial charge in [0.1, 0.15) is 5.76 Å². The van der Waals surface area contributed by atoms with Crippen LogP contribution in [0.15, 0.2) is 41.0 Å². The first-order valence-corrected chi connectivity index (χ1v) is 6.85. The minimum absolute atomic E-state index is 0.0967. The van der Waals surface area contributed by atoms with Gasteiger partial charge in [0.2, 0.25) is 0 Å². The van der Waals surface area contributed by atoms with E-state index in [4.69, 9.17) is 13.9 Å². The van der Waals surface area contributed by atoms with Crippen LogP contribution in [0.1, 0.15) is 11.3 Å². The van der Waals surface area contributed by atoms with E-state index in [-0.39, 0.29) is 18.7 Å².